The lowest BCUT2D eigenvalue weighted by Gasteiger charge is -2.24. The topological polar surface area (TPSA) is 72.5 Å². The maximum absolute atomic E-state index is 12.4. The highest BCUT2D eigenvalue weighted by atomic mass is 16.5. The Morgan fingerprint density at radius 2 is 1.56 bits per heavy atom. The second kappa shape index (κ2) is 11.8. The number of allylic oxidation sites excluding steroid dienone is 1. The zero-order valence-electron chi connectivity index (χ0n) is 20.8. The van der Waals surface area contributed by atoms with Crippen LogP contribution in [0.4, 0.5) is 0 Å². The number of methoxy groups -OCH3 is 4. The number of ether oxygens (including phenoxy) is 6. The molecule has 0 aliphatic carbocycles. The van der Waals surface area contributed by atoms with E-state index in [0.29, 0.717) is 35.2 Å². The summed E-state index contributed by atoms with van der Waals surface area (Å²) in [6, 6.07) is 11.7. The molecule has 0 bridgehead atoms. The third-order valence-electron chi connectivity index (χ3n) is 6.33. The minimum Gasteiger partial charge on any atom is -0.493 e. The predicted octanol–water partition coefficient (Wildman–Crippen LogP) is 4.78. The molecule has 0 aromatic heterocycles. The third kappa shape index (κ3) is 5.65. The molecule has 1 aliphatic rings. The first kappa shape index (κ1) is 25.4. The molecule has 1 saturated heterocycles. The largest absolute Gasteiger partial charge is 0.493 e. The summed E-state index contributed by atoms with van der Waals surface area (Å²) >= 11 is 0. The van der Waals surface area contributed by atoms with Gasteiger partial charge >= 0.3 is 5.97 Å². The van der Waals surface area contributed by atoms with Crippen molar-refractivity contribution < 1.29 is 33.2 Å². The van der Waals surface area contributed by atoms with Crippen LogP contribution in [0.15, 0.2) is 48.0 Å². The van der Waals surface area contributed by atoms with E-state index in [1.54, 1.807) is 41.4 Å². The second-order valence-corrected chi connectivity index (χ2v) is 8.26. The molecular weight excluding hydrogens is 436 g/mol. The number of benzene rings is 2. The van der Waals surface area contributed by atoms with Crippen molar-refractivity contribution >= 4 is 5.97 Å². The molecule has 184 valence electrons. The summed E-state index contributed by atoms with van der Waals surface area (Å²) in [7, 11) is 6.46. The number of hydrogen-bond donors (Lipinski definition) is 0. The van der Waals surface area contributed by atoms with E-state index in [1.807, 2.05) is 43.3 Å². The molecule has 3 atom stereocenters. The smallest absolute Gasteiger partial charge is 0.333 e. The zero-order chi connectivity index (χ0) is 24.7. The number of carbonyl (C=O) groups excluding carboxylic acids is 1. The summed E-state index contributed by atoms with van der Waals surface area (Å²) in [4.78, 5) is 12.4. The van der Waals surface area contributed by atoms with Crippen LogP contribution in [-0.2, 0) is 20.7 Å². The molecule has 2 aromatic rings. The van der Waals surface area contributed by atoms with Gasteiger partial charge in [0.2, 0.25) is 0 Å². The van der Waals surface area contributed by atoms with Crippen molar-refractivity contribution in [3.63, 3.8) is 0 Å². The van der Waals surface area contributed by atoms with Gasteiger partial charge in [-0.3, -0.25) is 0 Å². The first-order chi connectivity index (χ1) is 16.4. The summed E-state index contributed by atoms with van der Waals surface area (Å²) in [5, 5.41) is 0. The molecule has 0 unspecified atom stereocenters. The molecule has 0 spiro atoms. The Kier molecular flexibility index (Phi) is 8.82. The zero-order valence-corrected chi connectivity index (χ0v) is 20.8. The minimum atomic E-state index is -0.315. The Hall–Kier alpha value is -3.19. The predicted molar refractivity (Wildman–Crippen MR) is 129 cm³/mol. The van der Waals surface area contributed by atoms with Crippen molar-refractivity contribution in [2.45, 2.75) is 26.4 Å². The third-order valence-corrected chi connectivity index (χ3v) is 6.33. The van der Waals surface area contributed by atoms with Gasteiger partial charge in [-0.15, -0.1) is 0 Å². The van der Waals surface area contributed by atoms with Gasteiger partial charge in [-0.25, -0.2) is 4.79 Å². The highest BCUT2D eigenvalue weighted by Gasteiger charge is 2.39. The van der Waals surface area contributed by atoms with Crippen LogP contribution in [0, 0.1) is 11.8 Å². The molecule has 7 heteroatoms. The lowest BCUT2D eigenvalue weighted by atomic mass is 9.84. The first-order valence-electron chi connectivity index (χ1n) is 11.3. The molecule has 3 rings (SSSR count). The fourth-order valence-corrected chi connectivity index (χ4v) is 4.24. The van der Waals surface area contributed by atoms with Gasteiger partial charge in [-0.05, 0) is 61.6 Å². The summed E-state index contributed by atoms with van der Waals surface area (Å²) < 4.78 is 33.7. The molecular formula is C27H34O7. The van der Waals surface area contributed by atoms with Gasteiger partial charge in [0.05, 0.1) is 47.8 Å². The fourth-order valence-electron chi connectivity index (χ4n) is 4.24. The van der Waals surface area contributed by atoms with Crippen molar-refractivity contribution in [3.05, 3.63) is 59.2 Å². The van der Waals surface area contributed by atoms with E-state index in [-0.39, 0.29) is 30.5 Å². The van der Waals surface area contributed by atoms with Crippen LogP contribution in [-0.4, -0.2) is 47.6 Å². The van der Waals surface area contributed by atoms with E-state index in [9.17, 15) is 4.79 Å². The quantitative estimate of drug-likeness (QED) is 0.366. The van der Waals surface area contributed by atoms with E-state index in [0.717, 1.165) is 17.5 Å². The summed E-state index contributed by atoms with van der Waals surface area (Å²) in [5.41, 5.74) is 2.63. The highest BCUT2D eigenvalue weighted by molar-refractivity contribution is 5.87. The van der Waals surface area contributed by atoms with Crippen molar-refractivity contribution in [3.8, 4) is 23.0 Å². The van der Waals surface area contributed by atoms with Crippen molar-refractivity contribution in [2.24, 2.45) is 11.8 Å². The minimum absolute atomic E-state index is 0.0418. The second-order valence-electron chi connectivity index (χ2n) is 8.26. The van der Waals surface area contributed by atoms with Crippen LogP contribution in [0.25, 0.3) is 0 Å². The standard InChI is InChI=1S/C27H34O7/c1-7-17(2)27(28)34-16-21-20(12-18-8-10-22(29-3)24(13-18)31-5)15-33-26(21)19-9-11-23(30-4)25(14-19)32-6/h7-11,13-14,20-21,26H,12,15-16H2,1-6H3/b17-7+/t20-,21-,26+/m0/s1. The van der Waals surface area contributed by atoms with Crippen LogP contribution < -0.4 is 18.9 Å². The fraction of sp³-hybridized carbons (Fsp3) is 0.444. The van der Waals surface area contributed by atoms with Gasteiger partial charge in [0.1, 0.15) is 0 Å². The van der Waals surface area contributed by atoms with Gasteiger partial charge in [0, 0.05) is 11.5 Å². The van der Waals surface area contributed by atoms with Crippen LogP contribution in [0.5, 0.6) is 23.0 Å². The van der Waals surface area contributed by atoms with Gasteiger partial charge in [-0.1, -0.05) is 18.2 Å². The van der Waals surface area contributed by atoms with Crippen LogP contribution in [0.3, 0.4) is 0 Å². The SMILES string of the molecule is C/C=C(\C)C(=O)OC[C@H]1[C@@H](Cc2ccc(OC)c(OC)c2)CO[C@@H]1c1ccc(OC)c(OC)c1. The van der Waals surface area contributed by atoms with Gasteiger partial charge in [0.25, 0.3) is 0 Å². The molecule has 0 saturated carbocycles. The maximum atomic E-state index is 12.4. The molecule has 7 nitrogen and oxygen atoms in total. The van der Waals surface area contributed by atoms with Crippen molar-refractivity contribution in [1.29, 1.82) is 0 Å². The lowest BCUT2D eigenvalue weighted by Crippen LogP contribution is -2.24. The van der Waals surface area contributed by atoms with E-state index < -0.39 is 0 Å². The van der Waals surface area contributed by atoms with Crippen molar-refractivity contribution in [1.82, 2.24) is 0 Å². The van der Waals surface area contributed by atoms with E-state index in [1.165, 1.54) is 0 Å². The molecule has 34 heavy (non-hydrogen) atoms. The van der Waals surface area contributed by atoms with E-state index in [2.05, 4.69) is 0 Å². The van der Waals surface area contributed by atoms with Gasteiger partial charge in [0.15, 0.2) is 23.0 Å². The molecule has 0 radical (unpaired) electrons. The molecule has 1 fully saturated rings. The average Bonchev–Trinajstić information content (AvgIpc) is 3.27. The summed E-state index contributed by atoms with van der Waals surface area (Å²) in [5.74, 6) is 2.43. The Morgan fingerprint density at radius 1 is 0.941 bits per heavy atom. The highest BCUT2D eigenvalue weighted by Crippen LogP contribution is 2.43. The average molecular weight is 471 g/mol. The normalized spacial score (nSPS) is 20.1. The van der Waals surface area contributed by atoms with Crippen LogP contribution in [0.2, 0.25) is 0 Å². The van der Waals surface area contributed by atoms with Crippen LogP contribution >= 0.6 is 0 Å². The Morgan fingerprint density at radius 3 is 2.18 bits per heavy atom. The molecule has 0 amide bonds. The van der Waals surface area contributed by atoms with Gasteiger partial charge in [-0.2, -0.15) is 0 Å². The van der Waals surface area contributed by atoms with Gasteiger partial charge < -0.3 is 28.4 Å². The van der Waals surface area contributed by atoms with E-state index in [4.69, 9.17) is 28.4 Å². The lowest BCUT2D eigenvalue weighted by molar-refractivity contribution is -0.141. The summed E-state index contributed by atoms with van der Waals surface area (Å²) in [6.45, 7) is 4.36. The molecule has 2 aromatic carbocycles. The number of rotatable bonds is 10. The van der Waals surface area contributed by atoms with Crippen molar-refractivity contribution in [2.75, 3.05) is 41.7 Å². The molecule has 0 N–H and O–H groups in total. The Bertz CT molecular complexity index is 1010. The van der Waals surface area contributed by atoms with Crippen LogP contribution in [0.1, 0.15) is 31.1 Å². The molecule has 1 heterocycles. The summed E-state index contributed by atoms with van der Waals surface area (Å²) in [6.07, 6.45) is 2.25. The molecule has 1 aliphatic heterocycles. The Balaban J connectivity index is 1.87. The monoisotopic (exact) mass is 470 g/mol. The van der Waals surface area contributed by atoms with E-state index >= 15 is 0 Å². The number of esters is 1. The maximum Gasteiger partial charge on any atom is 0.333 e. The first-order valence-corrected chi connectivity index (χ1v) is 11.3. The number of carbonyl (C=O) groups is 1. The Labute approximate surface area is 201 Å². The number of hydrogen-bond acceptors (Lipinski definition) is 7.